The van der Waals surface area contributed by atoms with Crippen molar-refractivity contribution >= 4 is 48.3 Å². The molecule has 2 aromatic carbocycles. The number of thiazole rings is 1. The first-order valence-corrected chi connectivity index (χ1v) is 11.6. The lowest BCUT2D eigenvalue weighted by Crippen LogP contribution is -2.14. The number of anilines is 2. The van der Waals surface area contributed by atoms with Gasteiger partial charge in [0.2, 0.25) is 5.91 Å². The summed E-state index contributed by atoms with van der Waals surface area (Å²) < 4.78 is 29.2. The second kappa shape index (κ2) is 7.52. The number of amides is 1. The summed E-state index contributed by atoms with van der Waals surface area (Å²) in [4.78, 5) is 16.2. The average molecular weight is 416 g/mol. The minimum absolute atomic E-state index is 0.104. The fourth-order valence-corrected chi connectivity index (χ4v) is 5.31. The third-order valence-electron chi connectivity index (χ3n) is 4.84. The molecule has 4 rings (SSSR count). The van der Waals surface area contributed by atoms with Crippen LogP contribution in [0.15, 0.2) is 41.3 Å². The fraction of sp³-hybridized carbons (Fsp3) is 0.300. The van der Waals surface area contributed by atoms with Crippen LogP contribution >= 0.6 is 11.3 Å². The molecule has 2 N–H and O–H groups in total. The molecule has 0 unspecified atom stereocenters. The molecule has 1 aliphatic carbocycles. The number of rotatable bonds is 5. The number of hydrogen-bond acceptors (Lipinski definition) is 5. The van der Waals surface area contributed by atoms with Gasteiger partial charge in [-0.05, 0) is 67.1 Å². The second-order valence-corrected chi connectivity index (χ2v) is 9.56. The van der Waals surface area contributed by atoms with Gasteiger partial charge in [0.15, 0.2) is 5.13 Å². The number of nitrogens with zero attached hydrogens (tertiary/aromatic N) is 1. The van der Waals surface area contributed by atoms with Gasteiger partial charge in [0.1, 0.15) is 0 Å². The van der Waals surface area contributed by atoms with Crippen LogP contribution in [-0.4, -0.2) is 19.3 Å². The van der Waals surface area contributed by atoms with E-state index in [0.717, 1.165) is 35.9 Å². The Bertz CT molecular complexity index is 1150. The van der Waals surface area contributed by atoms with Crippen molar-refractivity contribution < 1.29 is 13.2 Å². The molecule has 1 aromatic heterocycles. The number of benzene rings is 2. The zero-order valence-corrected chi connectivity index (χ0v) is 17.1. The number of carbonyl (C=O) groups is 1. The lowest BCUT2D eigenvalue weighted by molar-refractivity contribution is -0.115. The molecule has 6 nitrogen and oxygen atoms in total. The van der Waals surface area contributed by atoms with E-state index in [-0.39, 0.29) is 10.8 Å². The predicted octanol–water partition coefficient (Wildman–Crippen LogP) is 4.32. The Balaban J connectivity index is 1.59. The van der Waals surface area contributed by atoms with Crippen LogP contribution in [0.2, 0.25) is 0 Å². The molecule has 3 aromatic rings. The number of hydrogen-bond donors (Lipinski definition) is 2. The van der Waals surface area contributed by atoms with E-state index in [4.69, 9.17) is 0 Å². The zero-order chi connectivity index (χ0) is 19.7. The summed E-state index contributed by atoms with van der Waals surface area (Å²) in [7, 11) is -3.68. The van der Waals surface area contributed by atoms with E-state index in [1.807, 2.05) is 6.07 Å². The first-order chi connectivity index (χ1) is 13.4. The van der Waals surface area contributed by atoms with Gasteiger partial charge in [-0.15, -0.1) is 0 Å². The van der Waals surface area contributed by atoms with E-state index in [2.05, 4.69) is 15.0 Å². The summed E-state index contributed by atoms with van der Waals surface area (Å²) in [5, 5.41) is 3.24. The quantitative estimate of drug-likeness (QED) is 0.649. The summed E-state index contributed by atoms with van der Waals surface area (Å²) >= 11 is 1.36. The monoisotopic (exact) mass is 415 g/mol. The normalized spacial score (nSPS) is 13.9. The Morgan fingerprint density at radius 2 is 1.89 bits per heavy atom. The Labute approximate surface area is 168 Å². The van der Waals surface area contributed by atoms with E-state index in [0.29, 0.717) is 22.8 Å². The van der Waals surface area contributed by atoms with Crippen LogP contribution in [0.4, 0.5) is 10.8 Å². The summed E-state index contributed by atoms with van der Waals surface area (Å²) in [5.74, 6) is -0.104. The molecule has 0 atom stereocenters. The van der Waals surface area contributed by atoms with Gasteiger partial charge in [0, 0.05) is 6.42 Å². The van der Waals surface area contributed by atoms with Crippen molar-refractivity contribution in [3.05, 3.63) is 47.5 Å². The summed E-state index contributed by atoms with van der Waals surface area (Å²) in [6, 6.07) is 10.6. The van der Waals surface area contributed by atoms with Gasteiger partial charge in [-0.25, -0.2) is 13.4 Å². The minimum Gasteiger partial charge on any atom is -0.302 e. The Morgan fingerprint density at radius 3 is 2.68 bits per heavy atom. The number of fused-ring (bicyclic) bond motifs is 2. The maximum Gasteiger partial charge on any atom is 0.261 e. The fourth-order valence-electron chi connectivity index (χ4n) is 3.34. The van der Waals surface area contributed by atoms with Gasteiger partial charge in [-0.1, -0.05) is 24.3 Å². The van der Waals surface area contributed by atoms with Crippen molar-refractivity contribution in [1.82, 2.24) is 4.98 Å². The third kappa shape index (κ3) is 3.88. The third-order valence-corrected chi connectivity index (χ3v) is 7.17. The molecule has 0 spiro atoms. The van der Waals surface area contributed by atoms with Crippen molar-refractivity contribution in [2.24, 2.45) is 0 Å². The molecule has 1 amide bonds. The number of aromatic nitrogens is 1. The topological polar surface area (TPSA) is 88.2 Å². The first kappa shape index (κ1) is 18.9. The Kier molecular flexibility index (Phi) is 5.07. The van der Waals surface area contributed by atoms with Crippen molar-refractivity contribution in [3.8, 4) is 0 Å². The van der Waals surface area contributed by atoms with Crippen molar-refractivity contribution in [2.45, 2.75) is 43.9 Å². The second-order valence-electron chi connectivity index (χ2n) is 6.85. The van der Waals surface area contributed by atoms with Gasteiger partial charge in [-0.2, -0.15) is 0 Å². The van der Waals surface area contributed by atoms with Crippen molar-refractivity contribution in [3.63, 3.8) is 0 Å². The molecule has 1 heterocycles. The number of aryl methyl sites for hydroxylation is 2. The zero-order valence-electron chi connectivity index (χ0n) is 15.5. The smallest absolute Gasteiger partial charge is 0.261 e. The van der Waals surface area contributed by atoms with Gasteiger partial charge < -0.3 is 5.32 Å². The molecule has 0 aliphatic heterocycles. The molecule has 0 saturated carbocycles. The molecular weight excluding hydrogens is 394 g/mol. The van der Waals surface area contributed by atoms with E-state index in [1.54, 1.807) is 37.3 Å². The molecule has 146 valence electrons. The van der Waals surface area contributed by atoms with Crippen molar-refractivity contribution in [2.75, 3.05) is 10.0 Å². The van der Waals surface area contributed by atoms with E-state index in [1.165, 1.54) is 16.9 Å². The highest BCUT2D eigenvalue weighted by molar-refractivity contribution is 7.92. The van der Waals surface area contributed by atoms with Gasteiger partial charge >= 0.3 is 0 Å². The largest absolute Gasteiger partial charge is 0.302 e. The molecule has 1 aliphatic rings. The Morgan fingerprint density at radius 1 is 1.11 bits per heavy atom. The molecule has 0 fully saturated rings. The van der Waals surface area contributed by atoms with Crippen LogP contribution in [0, 0.1) is 0 Å². The summed E-state index contributed by atoms with van der Waals surface area (Å²) in [6.45, 7) is 1.77. The van der Waals surface area contributed by atoms with Gasteiger partial charge in [-0.3, -0.25) is 9.52 Å². The number of carbonyl (C=O) groups excluding carboxylic acids is 1. The predicted molar refractivity (Wildman–Crippen MR) is 112 cm³/mol. The average Bonchev–Trinajstić information content (AvgIpc) is 3.08. The summed E-state index contributed by atoms with van der Waals surface area (Å²) in [5.41, 5.74) is 3.46. The molecular formula is C20H21N3O3S2. The highest BCUT2D eigenvalue weighted by Gasteiger charge is 2.18. The van der Waals surface area contributed by atoms with Crippen LogP contribution < -0.4 is 10.0 Å². The van der Waals surface area contributed by atoms with Crippen LogP contribution in [0.1, 0.15) is 37.3 Å². The maximum absolute atomic E-state index is 12.8. The standard InChI is InChI=1S/C20H21N3O3S2/c1-2-19(24)22-20-21-17-12-15(8-10-18(17)27-20)23-28(25,26)16-9-7-13-5-3-4-6-14(13)11-16/h7-12,23H,2-6H2,1H3,(H,21,22,24). The SMILES string of the molecule is CCC(=O)Nc1nc2cc(NS(=O)(=O)c3ccc4c(c3)CCCC4)ccc2s1. The van der Waals surface area contributed by atoms with E-state index < -0.39 is 10.0 Å². The summed E-state index contributed by atoms with van der Waals surface area (Å²) in [6.07, 6.45) is 4.57. The lowest BCUT2D eigenvalue weighted by atomic mass is 9.92. The van der Waals surface area contributed by atoms with Crippen LogP contribution in [0.25, 0.3) is 10.2 Å². The number of sulfonamides is 1. The van der Waals surface area contributed by atoms with E-state index >= 15 is 0 Å². The first-order valence-electron chi connectivity index (χ1n) is 9.30. The van der Waals surface area contributed by atoms with Gasteiger partial charge in [0.25, 0.3) is 10.0 Å². The lowest BCUT2D eigenvalue weighted by Gasteiger charge is -2.17. The highest BCUT2D eigenvalue weighted by atomic mass is 32.2. The molecule has 0 radical (unpaired) electrons. The van der Waals surface area contributed by atoms with Crippen LogP contribution in [0.5, 0.6) is 0 Å². The van der Waals surface area contributed by atoms with E-state index in [9.17, 15) is 13.2 Å². The van der Waals surface area contributed by atoms with Gasteiger partial charge in [0.05, 0.1) is 20.8 Å². The van der Waals surface area contributed by atoms with Crippen LogP contribution in [0.3, 0.4) is 0 Å². The van der Waals surface area contributed by atoms with Crippen LogP contribution in [-0.2, 0) is 27.7 Å². The highest BCUT2D eigenvalue weighted by Crippen LogP contribution is 2.30. The minimum atomic E-state index is -3.68. The van der Waals surface area contributed by atoms with Crippen molar-refractivity contribution in [1.29, 1.82) is 0 Å². The Hall–Kier alpha value is -2.45. The molecule has 0 saturated heterocycles. The molecule has 8 heteroatoms. The molecule has 0 bridgehead atoms. The molecule has 28 heavy (non-hydrogen) atoms. The number of nitrogens with one attached hydrogen (secondary N) is 2. The maximum atomic E-state index is 12.8.